The van der Waals surface area contributed by atoms with E-state index >= 15 is 0 Å². The van der Waals surface area contributed by atoms with Gasteiger partial charge in [0, 0.05) is 51.0 Å². The Labute approximate surface area is 131 Å². The number of amides is 1. The predicted molar refractivity (Wildman–Crippen MR) is 86.4 cm³/mol. The molecular formula is C18H22N2O2. The van der Waals surface area contributed by atoms with E-state index in [2.05, 4.69) is 11.1 Å². The second kappa shape index (κ2) is 6.88. The number of ether oxygens (including phenoxy) is 1. The Balaban J connectivity index is 1.67. The van der Waals surface area contributed by atoms with Crippen molar-refractivity contribution in [2.75, 3.05) is 20.3 Å². The number of rotatable bonds is 4. The molecule has 1 aliphatic heterocycles. The van der Waals surface area contributed by atoms with Crippen LogP contribution in [-0.2, 0) is 16.1 Å². The van der Waals surface area contributed by atoms with Gasteiger partial charge in [-0.2, -0.15) is 0 Å². The van der Waals surface area contributed by atoms with Gasteiger partial charge in [-0.25, -0.2) is 0 Å². The Morgan fingerprint density at radius 2 is 2.32 bits per heavy atom. The summed E-state index contributed by atoms with van der Waals surface area (Å²) >= 11 is 0. The molecule has 2 heterocycles. The van der Waals surface area contributed by atoms with E-state index in [0.717, 1.165) is 42.4 Å². The lowest BCUT2D eigenvalue weighted by Gasteiger charge is -2.24. The van der Waals surface area contributed by atoms with E-state index < -0.39 is 0 Å². The molecule has 1 aliphatic rings. The quantitative estimate of drug-likeness (QED) is 0.871. The lowest BCUT2D eigenvalue weighted by Crippen LogP contribution is -2.30. The van der Waals surface area contributed by atoms with Crippen LogP contribution >= 0.6 is 0 Å². The molecule has 1 saturated heterocycles. The molecule has 1 atom stereocenters. The Bertz CT molecular complexity index is 645. The van der Waals surface area contributed by atoms with Crippen LogP contribution in [-0.4, -0.2) is 36.1 Å². The van der Waals surface area contributed by atoms with Gasteiger partial charge in [0.2, 0.25) is 5.91 Å². The fourth-order valence-electron chi connectivity index (χ4n) is 3.04. The van der Waals surface area contributed by atoms with Crippen LogP contribution in [0.4, 0.5) is 0 Å². The smallest absolute Gasteiger partial charge is 0.222 e. The van der Waals surface area contributed by atoms with Gasteiger partial charge in [-0.3, -0.25) is 9.78 Å². The topological polar surface area (TPSA) is 42.4 Å². The van der Waals surface area contributed by atoms with E-state index in [1.165, 1.54) is 0 Å². The zero-order valence-corrected chi connectivity index (χ0v) is 13.0. The summed E-state index contributed by atoms with van der Waals surface area (Å²) in [6, 6.07) is 8.16. The third-order valence-corrected chi connectivity index (χ3v) is 4.32. The highest BCUT2D eigenvalue weighted by atomic mass is 16.5. The molecule has 0 saturated carbocycles. The van der Waals surface area contributed by atoms with Crippen LogP contribution in [0.15, 0.2) is 36.7 Å². The van der Waals surface area contributed by atoms with Gasteiger partial charge >= 0.3 is 0 Å². The molecule has 4 heteroatoms. The highest BCUT2D eigenvalue weighted by Gasteiger charge is 2.20. The fraction of sp³-hybridized carbons (Fsp3) is 0.444. The Kier molecular flexibility index (Phi) is 4.68. The molecule has 22 heavy (non-hydrogen) atoms. The van der Waals surface area contributed by atoms with Crippen molar-refractivity contribution in [3.05, 3.63) is 42.2 Å². The third kappa shape index (κ3) is 3.45. The van der Waals surface area contributed by atoms with Crippen molar-refractivity contribution in [1.29, 1.82) is 0 Å². The van der Waals surface area contributed by atoms with Crippen LogP contribution in [0.2, 0.25) is 0 Å². The summed E-state index contributed by atoms with van der Waals surface area (Å²) in [6.45, 7) is 2.19. The highest BCUT2D eigenvalue weighted by Crippen LogP contribution is 2.21. The normalized spacial score (nSPS) is 18.3. The van der Waals surface area contributed by atoms with Crippen molar-refractivity contribution in [3.8, 4) is 0 Å². The maximum atomic E-state index is 12.4. The number of benzene rings is 1. The molecule has 1 fully saturated rings. The molecule has 116 valence electrons. The van der Waals surface area contributed by atoms with E-state index in [-0.39, 0.29) is 5.91 Å². The average molecular weight is 298 g/mol. The Morgan fingerprint density at radius 1 is 1.41 bits per heavy atom. The summed E-state index contributed by atoms with van der Waals surface area (Å²) in [6.07, 6.45) is 6.41. The Morgan fingerprint density at radius 3 is 3.14 bits per heavy atom. The van der Waals surface area contributed by atoms with Crippen LogP contribution in [0, 0.1) is 5.92 Å². The molecule has 1 aromatic heterocycles. The van der Waals surface area contributed by atoms with Crippen LogP contribution in [0.25, 0.3) is 10.8 Å². The van der Waals surface area contributed by atoms with Crippen molar-refractivity contribution in [2.45, 2.75) is 25.8 Å². The molecule has 0 spiro atoms. The zero-order chi connectivity index (χ0) is 15.4. The molecule has 0 radical (unpaired) electrons. The minimum atomic E-state index is 0.196. The van der Waals surface area contributed by atoms with Crippen LogP contribution in [0.5, 0.6) is 0 Å². The minimum Gasteiger partial charge on any atom is -0.381 e. The van der Waals surface area contributed by atoms with Crippen LogP contribution in [0.3, 0.4) is 0 Å². The molecule has 1 aromatic carbocycles. The lowest BCUT2D eigenvalue weighted by molar-refractivity contribution is -0.132. The molecule has 3 rings (SSSR count). The maximum Gasteiger partial charge on any atom is 0.222 e. The van der Waals surface area contributed by atoms with Crippen molar-refractivity contribution in [2.24, 2.45) is 5.92 Å². The van der Waals surface area contributed by atoms with Gasteiger partial charge < -0.3 is 9.64 Å². The number of carbonyl (C=O) groups excluding carboxylic acids is 1. The average Bonchev–Trinajstić information content (AvgIpc) is 2.56. The summed E-state index contributed by atoms with van der Waals surface area (Å²) in [5.74, 6) is 0.571. The molecule has 1 unspecified atom stereocenters. The van der Waals surface area contributed by atoms with Gasteiger partial charge in [0.1, 0.15) is 0 Å². The summed E-state index contributed by atoms with van der Waals surface area (Å²) < 4.78 is 5.46. The monoisotopic (exact) mass is 298 g/mol. The summed E-state index contributed by atoms with van der Waals surface area (Å²) in [5, 5.41) is 2.28. The molecule has 2 aromatic rings. The van der Waals surface area contributed by atoms with E-state index in [0.29, 0.717) is 18.9 Å². The van der Waals surface area contributed by atoms with Gasteiger partial charge in [0.25, 0.3) is 0 Å². The summed E-state index contributed by atoms with van der Waals surface area (Å²) in [4.78, 5) is 18.4. The molecular weight excluding hydrogens is 276 g/mol. The number of fused-ring (bicyclic) bond motifs is 1. The molecule has 0 bridgehead atoms. The first-order valence-corrected chi connectivity index (χ1v) is 7.87. The largest absolute Gasteiger partial charge is 0.381 e. The summed E-state index contributed by atoms with van der Waals surface area (Å²) in [7, 11) is 1.88. The number of hydrogen-bond donors (Lipinski definition) is 0. The molecule has 0 N–H and O–H groups in total. The molecule has 0 aliphatic carbocycles. The second-order valence-corrected chi connectivity index (χ2v) is 6.05. The van der Waals surface area contributed by atoms with Gasteiger partial charge in [0.05, 0.1) is 0 Å². The summed E-state index contributed by atoms with van der Waals surface area (Å²) in [5.41, 5.74) is 1.16. The van der Waals surface area contributed by atoms with Gasteiger partial charge in [-0.05, 0) is 35.8 Å². The van der Waals surface area contributed by atoms with E-state index in [9.17, 15) is 4.79 Å². The third-order valence-electron chi connectivity index (χ3n) is 4.32. The lowest BCUT2D eigenvalue weighted by atomic mass is 9.98. The number of nitrogens with zero attached hydrogens (tertiary/aromatic N) is 2. The van der Waals surface area contributed by atoms with Crippen molar-refractivity contribution in [3.63, 3.8) is 0 Å². The molecule has 1 amide bonds. The maximum absolute atomic E-state index is 12.4. The fourth-order valence-corrected chi connectivity index (χ4v) is 3.04. The van der Waals surface area contributed by atoms with Crippen molar-refractivity contribution in [1.82, 2.24) is 9.88 Å². The zero-order valence-electron chi connectivity index (χ0n) is 13.0. The van der Waals surface area contributed by atoms with E-state index in [1.54, 1.807) is 6.20 Å². The number of hydrogen-bond acceptors (Lipinski definition) is 3. The first-order chi connectivity index (χ1) is 10.7. The first-order valence-electron chi connectivity index (χ1n) is 7.87. The number of carbonyl (C=O) groups is 1. The van der Waals surface area contributed by atoms with Gasteiger partial charge in [-0.15, -0.1) is 0 Å². The van der Waals surface area contributed by atoms with Crippen molar-refractivity contribution >= 4 is 16.7 Å². The molecule has 4 nitrogen and oxygen atoms in total. The van der Waals surface area contributed by atoms with Crippen LogP contribution in [0.1, 0.15) is 24.8 Å². The minimum absolute atomic E-state index is 0.196. The van der Waals surface area contributed by atoms with Crippen LogP contribution < -0.4 is 0 Å². The number of aromatic nitrogens is 1. The predicted octanol–water partition coefficient (Wildman–Crippen LogP) is 3.01. The van der Waals surface area contributed by atoms with E-state index in [1.807, 2.05) is 36.3 Å². The standard InChI is InChI=1S/C18H22N2O2/c1-20(18(21)10-14-4-3-9-22-13-14)12-16-6-2-5-15-11-19-8-7-17(15)16/h2,5-8,11,14H,3-4,9-10,12-13H2,1H3. The first kappa shape index (κ1) is 15.0. The van der Waals surface area contributed by atoms with Crippen molar-refractivity contribution < 1.29 is 9.53 Å². The van der Waals surface area contributed by atoms with E-state index in [4.69, 9.17) is 4.74 Å². The van der Waals surface area contributed by atoms with Gasteiger partial charge in [0.15, 0.2) is 0 Å². The second-order valence-electron chi connectivity index (χ2n) is 6.05. The van der Waals surface area contributed by atoms with Gasteiger partial charge in [-0.1, -0.05) is 18.2 Å². The Hall–Kier alpha value is -1.94. The SMILES string of the molecule is CN(Cc1cccc2cnccc12)C(=O)CC1CCCOC1. The highest BCUT2D eigenvalue weighted by molar-refractivity contribution is 5.85. The number of pyridine rings is 1.